The number of nitrogens with zero attached hydrogens (tertiary/aromatic N) is 2. The molecular weight excluding hydrogens is 340 g/mol. The summed E-state index contributed by atoms with van der Waals surface area (Å²) in [6.45, 7) is 5.83. The summed E-state index contributed by atoms with van der Waals surface area (Å²) in [5.41, 5.74) is 1.43. The fraction of sp³-hybridized carbons (Fsp3) is 0.476. The summed E-state index contributed by atoms with van der Waals surface area (Å²) in [5.74, 6) is 1.02. The number of imide groups is 1. The number of amides is 3. The minimum absolute atomic E-state index is 0.154. The third-order valence-electron chi connectivity index (χ3n) is 5.99. The number of fused-ring (bicyclic) bond motifs is 1. The quantitative estimate of drug-likeness (QED) is 0.815. The molecule has 142 valence electrons. The molecule has 0 aliphatic carbocycles. The second-order valence-corrected chi connectivity index (χ2v) is 7.71. The van der Waals surface area contributed by atoms with Crippen molar-refractivity contribution < 1.29 is 9.59 Å². The monoisotopic (exact) mass is 366 g/mol. The fourth-order valence-corrected chi connectivity index (χ4v) is 4.68. The van der Waals surface area contributed by atoms with Crippen LogP contribution in [0, 0.1) is 12.8 Å². The second kappa shape index (κ2) is 6.83. The number of rotatable bonds is 4. The number of carbonyl (C=O) groups excluding carboxylic acids is 2. The normalized spacial score (nSPS) is 23.6. The van der Waals surface area contributed by atoms with Gasteiger partial charge in [0.2, 0.25) is 0 Å². The van der Waals surface area contributed by atoms with Crippen molar-refractivity contribution in [3.8, 4) is 0 Å². The molecule has 27 heavy (non-hydrogen) atoms. The minimum atomic E-state index is -0.746. The van der Waals surface area contributed by atoms with Crippen LogP contribution in [0.3, 0.4) is 0 Å². The van der Waals surface area contributed by atoms with Crippen molar-refractivity contribution in [2.75, 3.05) is 18.0 Å². The number of anilines is 1. The van der Waals surface area contributed by atoms with Crippen LogP contribution in [0.5, 0.6) is 0 Å². The van der Waals surface area contributed by atoms with Crippen LogP contribution in [0.2, 0.25) is 0 Å². The van der Waals surface area contributed by atoms with Crippen LogP contribution in [0.4, 0.5) is 10.6 Å². The molecule has 2 aliphatic heterocycles. The predicted molar refractivity (Wildman–Crippen MR) is 106 cm³/mol. The number of aromatic nitrogens is 1. The molecule has 3 amide bonds. The summed E-state index contributed by atoms with van der Waals surface area (Å²) in [7, 11) is 0. The Morgan fingerprint density at radius 1 is 1.22 bits per heavy atom. The van der Waals surface area contributed by atoms with E-state index >= 15 is 0 Å². The van der Waals surface area contributed by atoms with Crippen molar-refractivity contribution in [3.63, 3.8) is 0 Å². The predicted octanol–water partition coefficient (Wildman–Crippen LogP) is 3.14. The van der Waals surface area contributed by atoms with Crippen molar-refractivity contribution in [2.45, 2.75) is 45.1 Å². The van der Waals surface area contributed by atoms with E-state index in [9.17, 15) is 9.59 Å². The number of para-hydroxylation sites is 1. The molecule has 2 aromatic rings. The van der Waals surface area contributed by atoms with E-state index < -0.39 is 5.54 Å². The highest BCUT2D eigenvalue weighted by atomic mass is 16.2. The maximum Gasteiger partial charge on any atom is 0.322 e. The van der Waals surface area contributed by atoms with Gasteiger partial charge in [-0.25, -0.2) is 9.78 Å². The molecule has 2 fully saturated rings. The van der Waals surface area contributed by atoms with Crippen molar-refractivity contribution in [1.82, 2.24) is 15.6 Å². The van der Waals surface area contributed by atoms with Gasteiger partial charge in [0.15, 0.2) is 0 Å². The largest absolute Gasteiger partial charge is 0.356 e. The smallest absolute Gasteiger partial charge is 0.322 e. The van der Waals surface area contributed by atoms with Crippen LogP contribution in [0.1, 0.15) is 38.2 Å². The molecule has 6 nitrogen and oxygen atoms in total. The number of urea groups is 1. The number of aryl methyl sites for hydroxylation is 1. The van der Waals surface area contributed by atoms with E-state index in [1.807, 2.05) is 18.2 Å². The van der Waals surface area contributed by atoms with Crippen LogP contribution >= 0.6 is 0 Å². The molecule has 4 rings (SSSR count). The maximum atomic E-state index is 12.5. The Hall–Kier alpha value is -2.63. The number of hydrogen-bond acceptors (Lipinski definition) is 4. The van der Waals surface area contributed by atoms with Gasteiger partial charge >= 0.3 is 6.03 Å². The second-order valence-electron chi connectivity index (χ2n) is 7.71. The van der Waals surface area contributed by atoms with Gasteiger partial charge in [-0.2, -0.15) is 0 Å². The topological polar surface area (TPSA) is 74.3 Å². The van der Waals surface area contributed by atoms with Gasteiger partial charge in [-0.05, 0) is 49.8 Å². The molecule has 6 heteroatoms. The summed E-state index contributed by atoms with van der Waals surface area (Å²) in [4.78, 5) is 31.5. The third-order valence-corrected chi connectivity index (χ3v) is 5.99. The summed E-state index contributed by atoms with van der Waals surface area (Å²) >= 11 is 0. The Morgan fingerprint density at radius 3 is 2.63 bits per heavy atom. The van der Waals surface area contributed by atoms with Crippen molar-refractivity contribution in [3.05, 3.63) is 35.9 Å². The maximum absolute atomic E-state index is 12.5. The van der Waals surface area contributed by atoms with Crippen LogP contribution in [-0.4, -0.2) is 35.6 Å². The van der Waals surface area contributed by atoms with Crippen molar-refractivity contribution in [1.29, 1.82) is 0 Å². The first-order valence-corrected chi connectivity index (χ1v) is 9.78. The molecule has 1 atom stereocenters. The number of nitrogens with one attached hydrogen (secondary N) is 2. The third kappa shape index (κ3) is 3.03. The van der Waals surface area contributed by atoms with Crippen LogP contribution in [0.15, 0.2) is 30.3 Å². The van der Waals surface area contributed by atoms with Gasteiger partial charge in [-0.1, -0.05) is 31.5 Å². The van der Waals surface area contributed by atoms with Gasteiger partial charge in [0.25, 0.3) is 5.91 Å². The zero-order valence-electron chi connectivity index (χ0n) is 15.9. The summed E-state index contributed by atoms with van der Waals surface area (Å²) in [6.07, 6.45) is 3.27. The van der Waals surface area contributed by atoms with Gasteiger partial charge in [-0.15, -0.1) is 0 Å². The molecule has 0 saturated carbocycles. The zero-order valence-corrected chi connectivity index (χ0v) is 15.9. The first-order valence-electron chi connectivity index (χ1n) is 9.78. The van der Waals surface area contributed by atoms with Gasteiger partial charge < -0.3 is 10.2 Å². The summed E-state index contributed by atoms with van der Waals surface area (Å²) < 4.78 is 0. The average Bonchev–Trinajstić information content (AvgIpc) is 2.96. The van der Waals surface area contributed by atoms with E-state index in [-0.39, 0.29) is 17.9 Å². The molecule has 2 saturated heterocycles. The molecule has 0 bridgehead atoms. The number of piperidine rings is 1. The lowest BCUT2D eigenvalue weighted by Gasteiger charge is -2.41. The Kier molecular flexibility index (Phi) is 4.50. The number of benzene rings is 1. The number of hydrogen-bond donors (Lipinski definition) is 2. The van der Waals surface area contributed by atoms with Gasteiger partial charge in [0, 0.05) is 18.5 Å². The minimum Gasteiger partial charge on any atom is -0.356 e. The van der Waals surface area contributed by atoms with Crippen molar-refractivity contribution in [2.24, 2.45) is 5.92 Å². The van der Waals surface area contributed by atoms with E-state index in [1.165, 1.54) is 5.56 Å². The molecule has 0 radical (unpaired) electrons. The molecule has 3 heterocycles. The van der Waals surface area contributed by atoms with Crippen LogP contribution < -0.4 is 15.5 Å². The highest BCUT2D eigenvalue weighted by Crippen LogP contribution is 2.36. The fourth-order valence-electron chi connectivity index (χ4n) is 4.68. The SMILES string of the molecule is CCCC1(C2CCN(c3nc4ccccc4cc3C)CC2)NC(=O)NC1=O. The first kappa shape index (κ1) is 17.8. The molecule has 1 aromatic carbocycles. The molecular formula is C21H26N4O2. The Bertz CT molecular complexity index is 889. The van der Waals surface area contributed by atoms with E-state index in [0.717, 1.165) is 49.1 Å². The molecule has 1 aromatic heterocycles. The van der Waals surface area contributed by atoms with E-state index in [4.69, 9.17) is 4.98 Å². The highest BCUT2D eigenvalue weighted by molar-refractivity contribution is 6.07. The number of pyridine rings is 1. The van der Waals surface area contributed by atoms with E-state index in [1.54, 1.807) is 0 Å². The highest BCUT2D eigenvalue weighted by Gasteiger charge is 2.51. The molecule has 0 spiro atoms. The molecule has 1 unspecified atom stereocenters. The molecule has 2 N–H and O–H groups in total. The average molecular weight is 366 g/mol. The van der Waals surface area contributed by atoms with E-state index in [0.29, 0.717) is 6.42 Å². The standard InChI is InChI=1S/C21H26N4O2/c1-3-10-21(19(26)23-20(27)24-21)16-8-11-25(12-9-16)18-14(2)13-15-6-4-5-7-17(15)22-18/h4-7,13,16H,3,8-12H2,1-2H3,(H2,23,24,26,27). The van der Waals surface area contributed by atoms with Crippen LogP contribution in [0.25, 0.3) is 10.9 Å². The lowest BCUT2D eigenvalue weighted by atomic mass is 9.75. The lowest BCUT2D eigenvalue weighted by molar-refractivity contribution is -0.126. The first-order chi connectivity index (χ1) is 13.0. The lowest BCUT2D eigenvalue weighted by Crippen LogP contribution is -2.56. The Morgan fingerprint density at radius 2 is 1.96 bits per heavy atom. The summed E-state index contributed by atoms with van der Waals surface area (Å²) in [6, 6.07) is 10.00. The van der Waals surface area contributed by atoms with Gasteiger partial charge in [0.1, 0.15) is 11.4 Å². The summed E-state index contributed by atoms with van der Waals surface area (Å²) in [5, 5.41) is 6.54. The zero-order chi connectivity index (χ0) is 19.0. The van der Waals surface area contributed by atoms with E-state index in [2.05, 4.69) is 41.5 Å². The molecule has 2 aliphatic rings. The van der Waals surface area contributed by atoms with Crippen LogP contribution in [-0.2, 0) is 4.79 Å². The Labute approximate surface area is 159 Å². The van der Waals surface area contributed by atoms with Gasteiger partial charge in [-0.3, -0.25) is 10.1 Å². The number of carbonyl (C=O) groups is 2. The van der Waals surface area contributed by atoms with Gasteiger partial charge in [0.05, 0.1) is 5.52 Å². The Balaban J connectivity index is 1.54. The van der Waals surface area contributed by atoms with Crippen molar-refractivity contribution >= 4 is 28.7 Å².